The lowest BCUT2D eigenvalue weighted by molar-refractivity contribution is 0.0669. The number of aryl methyl sites for hydroxylation is 1. The summed E-state index contributed by atoms with van der Waals surface area (Å²) in [7, 11) is 3.36. The predicted octanol–water partition coefficient (Wildman–Crippen LogP) is 3.54. The van der Waals surface area contributed by atoms with E-state index in [1.807, 2.05) is 42.2 Å². The summed E-state index contributed by atoms with van der Waals surface area (Å²) in [5.41, 5.74) is 2.75. The van der Waals surface area contributed by atoms with Crippen LogP contribution in [0.3, 0.4) is 0 Å². The first-order chi connectivity index (χ1) is 14.5. The molecular weight excluding hydrogens is 378 g/mol. The highest BCUT2D eigenvalue weighted by molar-refractivity contribution is 5.92. The van der Waals surface area contributed by atoms with Crippen LogP contribution in [0.1, 0.15) is 41.0 Å². The Bertz CT molecular complexity index is 916. The summed E-state index contributed by atoms with van der Waals surface area (Å²) in [5, 5.41) is 0. The largest absolute Gasteiger partial charge is 0.493 e. The smallest absolute Gasteiger partial charge is 0.272 e. The lowest BCUT2D eigenvalue weighted by Crippen LogP contribution is -2.45. The monoisotopic (exact) mass is 409 g/mol. The highest BCUT2D eigenvalue weighted by atomic mass is 16.5. The molecule has 0 unspecified atom stereocenters. The number of hydrogen-bond acceptors (Lipinski definition) is 5. The zero-order valence-electron chi connectivity index (χ0n) is 18.2. The molecule has 0 saturated carbocycles. The van der Waals surface area contributed by atoms with Crippen LogP contribution in [0.5, 0.6) is 11.5 Å². The van der Waals surface area contributed by atoms with Crippen LogP contribution in [0.25, 0.3) is 0 Å². The van der Waals surface area contributed by atoms with Gasteiger partial charge in [-0.2, -0.15) is 0 Å². The van der Waals surface area contributed by atoms with Crippen LogP contribution in [0.2, 0.25) is 0 Å². The molecule has 0 N–H and O–H groups in total. The van der Waals surface area contributed by atoms with Gasteiger partial charge in [0.2, 0.25) is 0 Å². The normalized spacial score (nSPS) is 21.8. The van der Waals surface area contributed by atoms with Crippen molar-refractivity contribution in [3.05, 3.63) is 53.3 Å². The summed E-state index contributed by atoms with van der Waals surface area (Å²) in [4.78, 5) is 21.9. The van der Waals surface area contributed by atoms with Crippen molar-refractivity contribution < 1.29 is 14.3 Å². The first-order valence-electron chi connectivity index (χ1n) is 10.7. The average molecular weight is 410 g/mol. The van der Waals surface area contributed by atoms with Gasteiger partial charge in [-0.1, -0.05) is 18.2 Å². The molecule has 1 aromatic heterocycles. The summed E-state index contributed by atoms with van der Waals surface area (Å²) in [6.07, 6.45) is 3.37. The molecule has 2 fully saturated rings. The summed E-state index contributed by atoms with van der Waals surface area (Å²) >= 11 is 0. The first kappa shape index (κ1) is 20.7. The third-order valence-corrected chi connectivity index (χ3v) is 6.45. The number of benzene rings is 1. The third kappa shape index (κ3) is 4.15. The van der Waals surface area contributed by atoms with Crippen LogP contribution in [-0.4, -0.2) is 61.1 Å². The van der Waals surface area contributed by atoms with E-state index in [9.17, 15) is 4.79 Å². The lowest BCUT2D eigenvalue weighted by atomic mass is 9.79. The van der Waals surface area contributed by atoms with Gasteiger partial charge in [0.1, 0.15) is 5.69 Å². The number of methoxy groups -OCH3 is 2. The Kier molecular flexibility index (Phi) is 5.95. The van der Waals surface area contributed by atoms with Crippen molar-refractivity contribution in [1.29, 1.82) is 0 Å². The van der Waals surface area contributed by atoms with E-state index in [4.69, 9.17) is 9.47 Å². The van der Waals surface area contributed by atoms with Crippen LogP contribution < -0.4 is 9.47 Å². The summed E-state index contributed by atoms with van der Waals surface area (Å²) in [5.74, 6) is 1.64. The molecule has 1 spiro atoms. The zero-order chi connectivity index (χ0) is 21.1. The Morgan fingerprint density at radius 1 is 1.07 bits per heavy atom. The van der Waals surface area contributed by atoms with Crippen molar-refractivity contribution in [3.63, 3.8) is 0 Å². The highest BCUT2D eigenvalue weighted by Crippen LogP contribution is 2.40. The molecule has 1 atom stereocenters. The number of pyridine rings is 1. The van der Waals surface area contributed by atoms with Gasteiger partial charge in [-0.15, -0.1) is 0 Å². The molecular formula is C24H31N3O3. The Labute approximate surface area is 178 Å². The maximum atomic E-state index is 13.0. The van der Waals surface area contributed by atoms with Gasteiger partial charge in [0.25, 0.3) is 5.91 Å². The summed E-state index contributed by atoms with van der Waals surface area (Å²) < 4.78 is 11.1. The first-order valence-corrected chi connectivity index (χ1v) is 10.7. The number of rotatable bonds is 5. The van der Waals surface area contributed by atoms with Crippen molar-refractivity contribution in [1.82, 2.24) is 14.8 Å². The van der Waals surface area contributed by atoms with Gasteiger partial charge in [0.15, 0.2) is 11.5 Å². The van der Waals surface area contributed by atoms with Crippen LogP contribution in [0, 0.1) is 12.3 Å². The van der Waals surface area contributed by atoms with E-state index in [2.05, 4.69) is 16.0 Å². The van der Waals surface area contributed by atoms with Crippen molar-refractivity contribution >= 4 is 5.91 Å². The second kappa shape index (κ2) is 8.64. The van der Waals surface area contributed by atoms with Crippen molar-refractivity contribution in [2.24, 2.45) is 5.41 Å². The van der Waals surface area contributed by atoms with Gasteiger partial charge >= 0.3 is 0 Å². The number of likely N-dealkylation sites (tertiary alicyclic amines) is 2. The van der Waals surface area contributed by atoms with Crippen molar-refractivity contribution in [2.45, 2.75) is 32.7 Å². The van der Waals surface area contributed by atoms with E-state index in [-0.39, 0.29) is 11.3 Å². The standard InChI is InChI=1S/C24H31N3O3/c1-18-7-4-9-20(25-18)23(28)27-14-12-24(17-27)11-6-13-26(16-24)15-19-8-5-10-21(29-2)22(19)30-3/h4-5,7-10H,6,11-17H2,1-3H3/t24-/m0/s1. The van der Waals surface area contributed by atoms with Crippen molar-refractivity contribution in [3.8, 4) is 11.5 Å². The lowest BCUT2D eigenvalue weighted by Gasteiger charge is -2.40. The molecule has 0 radical (unpaired) electrons. The molecule has 2 saturated heterocycles. The quantitative estimate of drug-likeness (QED) is 0.756. The van der Waals surface area contributed by atoms with Crippen LogP contribution in [0.15, 0.2) is 36.4 Å². The number of carbonyl (C=O) groups is 1. The number of para-hydroxylation sites is 1. The maximum absolute atomic E-state index is 13.0. The summed E-state index contributed by atoms with van der Waals surface area (Å²) in [6.45, 7) is 6.44. The predicted molar refractivity (Wildman–Crippen MR) is 116 cm³/mol. The minimum Gasteiger partial charge on any atom is -0.493 e. The molecule has 0 bridgehead atoms. The Balaban J connectivity index is 1.45. The third-order valence-electron chi connectivity index (χ3n) is 6.45. The topological polar surface area (TPSA) is 54.9 Å². The van der Waals surface area contributed by atoms with Gasteiger partial charge in [-0.3, -0.25) is 9.69 Å². The molecule has 4 rings (SSSR count). The van der Waals surface area contributed by atoms with E-state index in [1.54, 1.807) is 14.2 Å². The molecule has 1 amide bonds. The number of aromatic nitrogens is 1. The van der Waals surface area contributed by atoms with E-state index >= 15 is 0 Å². The molecule has 30 heavy (non-hydrogen) atoms. The molecule has 2 aliphatic rings. The Morgan fingerprint density at radius 2 is 1.90 bits per heavy atom. The number of ether oxygens (including phenoxy) is 2. The fourth-order valence-electron chi connectivity index (χ4n) is 5.03. The number of carbonyl (C=O) groups excluding carboxylic acids is 1. The molecule has 2 aromatic rings. The van der Waals surface area contributed by atoms with Gasteiger partial charge in [0, 0.05) is 42.9 Å². The maximum Gasteiger partial charge on any atom is 0.272 e. The molecule has 6 nitrogen and oxygen atoms in total. The van der Waals surface area contributed by atoms with Crippen LogP contribution in [-0.2, 0) is 6.54 Å². The molecule has 6 heteroatoms. The minimum atomic E-state index is 0.0576. The number of nitrogens with zero attached hydrogens (tertiary/aromatic N) is 3. The second-order valence-corrected chi connectivity index (χ2v) is 8.61. The van der Waals surface area contributed by atoms with E-state index < -0.39 is 0 Å². The molecule has 1 aromatic carbocycles. The molecule has 2 aliphatic heterocycles. The molecule has 3 heterocycles. The number of piperidine rings is 1. The zero-order valence-corrected chi connectivity index (χ0v) is 18.2. The minimum absolute atomic E-state index is 0.0576. The number of amides is 1. The van der Waals surface area contributed by atoms with Gasteiger partial charge in [0.05, 0.1) is 14.2 Å². The van der Waals surface area contributed by atoms with Crippen molar-refractivity contribution in [2.75, 3.05) is 40.4 Å². The molecule has 0 aliphatic carbocycles. The fraction of sp³-hybridized carbons (Fsp3) is 0.500. The van der Waals surface area contributed by atoms with Crippen LogP contribution >= 0.6 is 0 Å². The van der Waals surface area contributed by atoms with E-state index in [0.29, 0.717) is 5.69 Å². The fourth-order valence-corrected chi connectivity index (χ4v) is 5.03. The highest BCUT2D eigenvalue weighted by Gasteiger charge is 2.43. The van der Waals surface area contributed by atoms with Gasteiger partial charge in [-0.05, 0) is 50.9 Å². The SMILES string of the molecule is COc1cccc(CN2CCC[C@]3(CCN(C(=O)c4cccc(C)n4)C3)C2)c1OC. The second-order valence-electron chi connectivity index (χ2n) is 8.61. The van der Waals surface area contributed by atoms with Crippen LogP contribution in [0.4, 0.5) is 0 Å². The van der Waals surface area contributed by atoms with E-state index in [1.165, 1.54) is 6.42 Å². The summed E-state index contributed by atoms with van der Waals surface area (Å²) in [6, 6.07) is 11.7. The Hall–Kier alpha value is -2.60. The van der Waals surface area contributed by atoms with Gasteiger partial charge < -0.3 is 14.4 Å². The number of hydrogen-bond donors (Lipinski definition) is 0. The van der Waals surface area contributed by atoms with Gasteiger partial charge in [-0.25, -0.2) is 4.98 Å². The average Bonchev–Trinajstić information content (AvgIpc) is 3.16. The molecule has 160 valence electrons. The Morgan fingerprint density at radius 3 is 2.67 bits per heavy atom. The van der Waals surface area contributed by atoms with E-state index in [0.717, 1.165) is 68.3 Å².